The van der Waals surface area contributed by atoms with Crippen LogP contribution in [0.25, 0.3) is 11.1 Å². The molecule has 3 amide bonds. The van der Waals surface area contributed by atoms with E-state index in [9.17, 15) is 29.7 Å². The number of hydrogen-bond donors (Lipinski definition) is 6. The second kappa shape index (κ2) is 9.82. The molecule has 176 valence electrons. The molecule has 0 unspecified atom stereocenters. The highest BCUT2D eigenvalue weighted by atomic mass is 16.5. The summed E-state index contributed by atoms with van der Waals surface area (Å²) in [6.45, 7) is 3.95. The van der Waals surface area contributed by atoms with Gasteiger partial charge in [0.05, 0.1) is 0 Å². The number of hydrogen-bond acceptors (Lipinski definition) is 7. The zero-order valence-corrected chi connectivity index (χ0v) is 18.6. The summed E-state index contributed by atoms with van der Waals surface area (Å²) >= 11 is 0. The zero-order valence-electron chi connectivity index (χ0n) is 18.6. The third-order valence-corrected chi connectivity index (χ3v) is 4.50. The van der Waals surface area contributed by atoms with Crippen LogP contribution in [0.2, 0.25) is 0 Å². The molecule has 6 N–H and O–H groups in total. The molecule has 0 radical (unpaired) electrons. The first kappa shape index (κ1) is 23.9. The van der Waals surface area contributed by atoms with Crippen molar-refractivity contribution < 1.29 is 34.4 Å². The Balaban J connectivity index is 2.13. The topological polar surface area (TPSA) is 157 Å². The minimum Gasteiger partial charge on any atom is -0.507 e. The highest BCUT2D eigenvalue weighted by Gasteiger charge is 2.19. The minimum absolute atomic E-state index is 0.0799. The van der Waals surface area contributed by atoms with Crippen molar-refractivity contribution in [1.29, 1.82) is 0 Å². The van der Waals surface area contributed by atoms with Gasteiger partial charge in [-0.25, -0.2) is 0 Å². The quantitative estimate of drug-likeness (QED) is 0.299. The summed E-state index contributed by atoms with van der Waals surface area (Å²) in [5.41, 5.74) is 1.18. The van der Waals surface area contributed by atoms with Gasteiger partial charge >= 0.3 is 0 Å². The summed E-state index contributed by atoms with van der Waals surface area (Å²) in [6.07, 6.45) is 0. The Bertz CT molecular complexity index is 1290. The smallest absolute Gasteiger partial charge is 0.221 e. The van der Waals surface area contributed by atoms with Crippen LogP contribution in [0.15, 0.2) is 48.5 Å². The number of carbonyl (C=O) groups excluding carboxylic acids is 3. The van der Waals surface area contributed by atoms with Crippen molar-refractivity contribution >= 4 is 34.8 Å². The molecular weight excluding hydrogens is 442 g/mol. The van der Waals surface area contributed by atoms with Crippen molar-refractivity contribution in [2.24, 2.45) is 0 Å². The Kier molecular flexibility index (Phi) is 6.91. The molecule has 3 rings (SSSR count). The Morgan fingerprint density at radius 3 is 1.68 bits per heavy atom. The molecule has 0 saturated carbocycles. The number of nitrogens with one attached hydrogen (secondary N) is 3. The molecule has 10 heteroatoms. The van der Waals surface area contributed by atoms with Crippen LogP contribution in [0.1, 0.15) is 20.8 Å². The van der Waals surface area contributed by atoms with Gasteiger partial charge in [-0.05, 0) is 36.4 Å². The van der Waals surface area contributed by atoms with Crippen LogP contribution in [0, 0.1) is 0 Å². The lowest BCUT2D eigenvalue weighted by atomic mass is 10.0. The van der Waals surface area contributed by atoms with Crippen LogP contribution >= 0.6 is 0 Å². The first-order chi connectivity index (χ1) is 16.0. The highest BCUT2D eigenvalue weighted by molar-refractivity contribution is 5.94. The molecule has 0 heterocycles. The average molecular weight is 465 g/mol. The molecule has 0 aromatic heterocycles. The van der Waals surface area contributed by atoms with Gasteiger partial charge in [0.2, 0.25) is 17.7 Å². The second-order valence-corrected chi connectivity index (χ2v) is 7.43. The van der Waals surface area contributed by atoms with Crippen LogP contribution in [-0.4, -0.2) is 33.0 Å². The summed E-state index contributed by atoms with van der Waals surface area (Å²) in [4.78, 5) is 34.5. The molecule has 3 aromatic rings. The van der Waals surface area contributed by atoms with E-state index in [1.54, 1.807) is 0 Å². The van der Waals surface area contributed by atoms with Gasteiger partial charge in [-0.3, -0.25) is 14.4 Å². The maximum Gasteiger partial charge on any atom is 0.221 e. The number of carbonyl (C=O) groups is 3. The standard InChI is InChI=1S/C24H23N3O7/c1-12(28)25-15-4-6-20(31)18(8-15)19-9-17(27-14(3)30)11-23(24(19)33)34-22-10-16(26-13(2)29)5-7-21(22)32/h4-11,31-33H,1-3H3,(H,25,28)(H,26,29)(H,27,30). The number of ether oxygens (including phenoxy) is 1. The lowest BCUT2D eigenvalue weighted by Gasteiger charge is -2.17. The maximum atomic E-state index is 11.7. The van der Waals surface area contributed by atoms with Gasteiger partial charge in [0.25, 0.3) is 0 Å². The molecule has 0 aliphatic heterocycles. The molecule has 0 aliphatic carbocycles. The molecule has 34 heavy (non-hydrogen) atoms. The molecule has 0 saturated heterocycles. The fourth-order valence-electron chi connectivity index (χ4n) is 3.19. The summed E-state index contributed by atoms with van der Waals surface area (Å²) in [6, 6.07) is 11.2. The fraction of sp³-hybridized carbons (Fsp3) is 0.125. The number of phenolic OH excluding ortho intramolecular Hbond substituents is 3. The number of anilines is 3. The first-order valence-corrected chi connectivity index (χ1v) is 10.1. The van der Waals surface area contributed by atoms with Crippen LogP contribution in [0.4, 0.5) is 17.1 Å². The fourth-order valence-corrected chi connectivity index (χ4v) is 3.19. The number of aromatic hydroxyl groups is 3. The van der Waals surface area contributed by atoms with E-state index in [-0.39, 0.29) is 51.6 Å². The van der Waals surface area contributed by atoms with E-state index in [0.717, 1.165) is 0 Å². The molecule has 0 bridgehead atoms. The predicted molar refractivity (Wildman–Crippen MR) is 126 cm³/mol. The Labute approximate surface area is 194 Å². The molecule has 10 nitrogen and oxygen atoms in total. The van der Waals surface area contributed by atoms with Crippen molar-refractivity contribution in [3.8, 4) is 39.9 Å². The van der Waals surface area contributed by atoms with E-state index in [1.807, 2.05) is 0 Å². The van der Waals surface area contributed by atoms with Crippen LogP contribution < -0.4 is 20.7 Å². The Morgan fingerprint density at radius 2 is 1.09 bits per heavy atom. The predicted octanol–water partition coefficient (Wildman–Crippen LogP) is 4.14. The van der Waals surface area contributed by atoms with Gasteiger partial charge < -0.3 is 36.0 Å². The van der Waals surface area contributed by atoms with Crippen molar-refractivity contribution in [1.82, 2.24) is 0 Å². The number of rotatable bonds is 6. The lowest BCUT2D eigenvalue weighted by molar-refractivity contribution is -0.115. The number of phenols is 3. The number of benzene rings is 3. The Morgan fingerprint density at radius 1 is 0.618 bits per heavy atom. The van der Waals surface area contributed by atoms with Crippen molar-refractivity contribution in [3.63, 3.8) is 0 Å². The van der Waals surface area contributed by atoms with Gasteiger partial charge in [-0.15, -0.1) is 0 Å². The lowest BCUT2D eigenvalue weighted by Crippen LogP contribution is -2.07. The Hall–Kier alpha value is -4.73. The van der Waals surface area contributed by atoms with E-state index >= 15 is 0 Å². The average Bonchev–Trinajstić information content (AvgIpc) is 2.73. The highest BCUT2D eigenvalue weighted by Crippen LogP contribution is 2.46. The molecule has 3 aromatic carbocycles. The van der Waals surface area contributed by atoms with Gasteiger partial charge in [0.1, 0.15) is 5.75 Å². The molecule has 0 atom stereocenters. The monoisotopic (exact) mass is 465 g/mol. The van der Waals surface area contributed by atoms with Crippen LogP contribution in [-0.2, 0) is 14.4 Å². The largest absolute Gasteiger partial charge is 0.507 e. The van der Waals surface area contributed by atoms with E-state index < -0.39 is 11.7 Å². The number of amides is 3. The zero-order chi connectivity index (χ0) is 25.0. The summed E-state index contributed by atoms with van der Waals surface area (Å²) in [7, 11) is 0. The SMILES string of the molecule is CC(=O)Nc1ccc(O)c(Oc2cc(NC(C)=O)cc(-c3cc(NC(C)=O)ccc3O)c2O)c1. The molecule has 0 fully saturated rings. The van der Waals surface area contributed by atoms with Crippen LogP contribution in [0.5, 0.6) is 28.7 Å². The third-order valence-electron chi connectivity index (χ3n) is 4.50. The van der Waals surface area contributed by atoms with Crippen LogP contribution in [0.3, 0.4) is 0 Å². The van der Waals surface area contributed by atoms with Gasteiger partial charge in [-0.2, -0.15) is 0 Å². The molecular formula is C24H23N3O7. The molecule has 0 aliphatic rings. The van der Waals surface area contributed by atoms with Crippen molar-refractivity contribution in [2.45, 2.75) is 20.8 Å². The van der Waals surface area contributed by atoms with E-state index in [2.05, 4.69) is 16.0 Å². The van der Waals surface area contributed by atoms with E-state index in [1.165, 1.54) is 69.3 Å². The third kappa shape index (κ3) is 5.74. The summed E-state index contributed by atoms with van der Waals surface area (Å²) in [5.74, 6) is -2.16. The van der Waals surface area contributed by atoms with Crippen molar-refractivity contribution in [3.05, 3.63) is 48.5 Å². The molecule has 0 spiro atoms. The second-order valence-electron chi connectivity index (χ2n) is 7.43. The van der Waals surface area contributed by atoms with Gasteiger partial charge in [0, 0.05) is 61.1 Å². The van der Waals surface area contributed by atoms with Gasteiger partial charge in [-0.1, -0.05) is 0 Å². The van der Waals surface area contributed by atoms with Crippen molar-refractivity contribution in [2.75, 3.05) is 16.0 Å². The van der Waals surface area contributed by atoms with Gasteiger partial charge in [0.15, 0.2) is 23.0 Å². The summed E-state index contributed by atoms with van der Waals surface area (Å²) < 4.78 is 5.73. The van der Waals surface area contributed by atoms with E-state index in [0.29, 0.717) is 11.4 Å². The maximum absolute atomic E-state index is 11.7. The first-order valence-electron chi connectivity index (χ1n) is 10.1. The minimum atomic E-state index is -0.409. The van der Waals surface area contributed by atoms with E-state index in [4.69, 9.17) is 4.74 Å². The normalized spacial score (nSPS) is 10.3. The summed E-state index contributed by atoms with van der Waals surface area (Å²) in [5, 5.41) is 39.4.